The van der Waals surface area contributed by atoms with E-state index in [1.807, 2.05) is 0 Å². The lowest BCUT2D eigenvalue weighted by molar-refractivity contribution is -0.150. The third kappa shape index (κ3) is 15.0. The highest BCUT2D eigenvalue weighted by Crippen LogP contribution is 2.21. The van der Waals surface area contributed by atoms with Gasteiger partial charge in [0, 0.05) is 25.9 Å². The van der Waals surface area contributed by atoms with Gasteiger partial charge in [-0.2, -0.15) is 0 Å². The Morgan fingerprint density at radius 3 is 1.69 bits per heavy atom. The van der Waals surface area contributed by atoms with E-state index in [0.717, 1.165) is 9.80 Å². The Labute approximate surface area is 367 Å². The van der Waals surface area contributed by atoms with E-state index in [1.54, 1.807) is 44.2 Å². The van der Waals surface area contributed by atoms with Crippen LogP contribution in [0, 0.1) is 5.92 Å². The fraction of sp³-hybridized carbons (Fsp3) is 0.575. The van der Waals surface area contributed by atoms with Crippen molar-refractivity contribution in [1.82, 2.24) is 36.4 Å². The van der Waals surface area contributed by atoms with Crippen molar-refractivity contribution < 1.29 is 73.2 Å². The summed E-state index contributed by atoms with van der Waals surface area (Å²) in [5, 5.41) is 50.6. The number of nitrogens with zero attached hydrogens (tertiary/aromatic N) is 2. The number of carbonyl (C=O) groups is 11. The molecule has 2 saturated heterocycles. The number of carbonyl (C=O) groups excluding carboxylic acids is 8. The summed E-state index contributed by atoms with van der Waals surface area (Å²) in [4.78, 5) is 144. The zero-order chi connectivity index (χ0) is 47.8. The maximum atomic E-state index is 14.0. The Balaban J connectivity index is 1.82. The van der Waals surface area contributed by atoms with E-state index in [-0.39, 0.29) is 44.7 Å². The highest BCUT2D eigenvalue weighted by Gasteiger charge is 2.42. The number of benzene rings is 1. The highest BCUT2D eigenvalue weighted by molar-refractivity contribution is 5.99. The Kier molecular flexibility index (Phi) is 19.6. The second-order valence-corrected chi connectivity index (χ2v) is 15.9. The lowest BCUT2D eigenvalue weighted by Crippen LogP contribution is -2.61. The van der Waals surface area contributed by atoms with Crippen LogP contribution in [-0.4, -0.2) is 163 Å². The molecular formula is C40H57N9O15. The first kappa shape index (κ1) is 51.7. The van der Waals surface area contributed by atoms with Crippen molar-refractivity contribution in [2.45, 2.75) is 120 Å². The molecule has 1 aromatic carbocycles. The first-order valence-electron chi connectivity index (χ1n) is 20.6. The van der Waals surface area contributed by atoms with Gasteiger partial charge < -0.3 is 68.3 Å². The molecule has 2 aliphatic rings. The number of hydrogen-bond acceptors (Lipinski definition) is 13. The van der Waals surface area contributed by atoms with Gasteiger partial charge in [0.1, 0.15) is 42.3 Å². The Hall–Kier alpha value is -6.69. The minimum Gasteiger partial charge on any atom is -0.481 e. The second-order valence-electron chi connectivity index (χ2n) is 15.9. The Morgan fingerprint density at radius 1 is 0.656 bits per heavy atom. The van der Waals surface area contributed by atoms with Crippen LogP contribution in [0.25, 0.3) is 0 Å². The number of carboxylic acid groups (broad SMARTS) is 3. The van der Waals surface area contributed by atoms with Gasteiger partial charge in [-0.25, -0.2) is 4.79 Å². The molecule has 352 valence electrons. The molecule has 13 N–H and O–H groups in total. The number of aliphatic carboxylic acids is 3. The number of aliphatic hydroxyl groups excluding tert-OH is 1. The predicted octanol–water partition coefficient (Wildman–Crippen LogP) is -4.09. The predicted molar refractivity (Wildman–Crippen MR) is 220 cm³/mol. The summed E-state index contributed by atoms with van der Waals surface area (Å²) in [6.45, 7) is 2.15. The molecule has 1 aromatic rings. The Bertz CT molecular complexity index is 1920. The summed E-state index contributed by atoms with van der Waals surface area (Å²) in [7, 11) is 0. The van der Waals surface area contributed by atoms with Gasteiger partial charge in [0.15, 0.2) is 0 Å². The van der Waals surface area contributed by atoms with Crippen LogP contribution in [0.4, 0.5) is 0 Å². The fourth-order valence-corrected chi connectivity index (χ4v) is 7.20. The van der Waals surface area contributed by atoms with Crippen LogP contribution >= 0.6 is 0 Å². The van der Waals surface area contributed by atoms with Gasteiger partial charge in [-0.15, -0.1) is 0 Å². The van der Waals surface area contributed by atoms with Gasteiger partial charge in [0.05, 0.1) is 25.5 Å². The summed E-state index contributed by atoms with van der Waals surface area (Å²) < 4.78 is 0. The molecule has 0 saturated carbocycles. The standard InChI is InChI=1S/C40H57N9O15/c1-20(2)32(42)37(60)45-24(17-30(52)53)34(57)43-22(12-13-29(41)51)38(61)48-14-6-10-27(48)36(59)47-26(19-50)35(58)44-23(16-21-8-4-3-5-9-21)33(56)46-25(18-31(54)55)39(62)49-15-7-11-28(49)40(63)64/h3-5,8-9,20,22-28,32,50H,6-7,10-19,42H2,1-2H3,(H2,41,51)(H,43,57)(H,44,58)(H,45,60)(H,46,56)(H,47,59)(H,52,53)(H,54,55)(H,63,64)/t22-,23-,24-,25-,26-,27-,28-,32-/m0/s1. The van der Waals surface area contributed by atoms with Crippen LogP contribution in [0.1, 0.15) is 70.8 Å². The van der Waals surface area contributed by atoms with Crippen molar-refractivity contribution in [1.29, 1.82) is 0 Å². The molecule has 2 aliphatic heterocycles. The SMILES string of the molecule is CC(C)[C@H](N)C(=O)N[C@@H](CC(=O)O)C(=O)N[C@@H](CCC(N)=O)C(=O)N1CCC[C@H]1C(=O)N[C@@H](CO)C(=O)N[C@@H](Cc1ccccc1)C(=O)N[C@@H](CC(=O)O)C(=O)N1CCC[C@H]1C(=O)O. The summed E-state index contributed by atoms with van der Waals surface area (Å²) in [5.74, 6) is -12.4. The normalized spacial score (nSPS) is 18.6. The van der Waals surface area contributed by atoms with Crippen molar-refractivity contribution in [3.05, 3.63) is 35.9 Å². The van der Waals surface area contributed by atoms with Gasteiger partial charge in [0.25, 0.3) is 0 Å². The maximum Gasteiger partial charge on any atom is 0.326 e. The number of hydrogen-bond donors (Lipinski definition) is 11. The smallest absolute Gasteiger partial charge is 0.326 e. The maximum absolute atomic E-state index is 14.0. The number of carboxylic acids is 3. The number of nitrogens with two attached hydrogens (primary N) is 2. The molecule has 2 fully saturated rings. The van der Waals surface area contributed by atoms with E-state index >= 15 is 0 Å². The van der Waals surface area contributed by atoms with Crippen LogP contribution in [0.2, 0.25) is 0 Å². The van der Waals surface area contributed by atoms with Crippen molar-refractivity contribution in [3.8, 4) is 0 Å². The zero-order valence-corrected chi connectivity index (χ0v) is 35.4. The lowest BCUT2D eigenvalue weighted by Gasteiger charge is -2.31. The van der Waals surface area contributed by atoms with Crippen LogP contribution in [0.5, 0.6) is 0 Å². The molecule has 3 rings (SSSR count). The molecule has 24 nitrogen and oxygen atoms in total. The topological polar surface area (TPSA) is 387 Å². The molecule has 64 heavy (non-hydrogen) atoms. The van der Waals surface area contributed by atoms with Crippen molar-refractivity contribution in [3.63, 3.8) is 0 Å². The molecule has 0 aliphatic carbocycles. The van der Waals surface area contributed by atoms with E-state index in [4.69, 9.17) is 11.5 Å². The van der Waals surface area contributed by atoms with Gasteiger partial charge in [-0.1, -0.05) is 44.2 Å². The first-order valence-corrected chi connectivity index (χ1v) is 20.6. The van der Waals surface area contributed by atoms with Crippen LogP contribution in [-0.2, 0) is 59.2 Å². The zero-order valence-electron chi connectivity index (χ0n) is 35.4. The average Bonchev–Trinajstić information content (AvgIpc) is 3.94. The minimum absolute atomic E-state index is 0.00239. The van der Waals surface area contributed by atoms with E-state index in [2.05, 4.69) is 26.6 Å². The molecule has 24 heteroatoms. The van der Waals surface area contributed by atoms with E-state index in [1.165, 1.54) is 0 Å². The van der Waals surface area contributed by atoms with Crippen molar-refractivity contribution in [2.75, 3.05) is 19.7 Å². The number of aliphatic hydroxyl groups is 1. The van der Waals surface area contributed by atoms with Gasteiger partial charge >= 0.3 is 17.9 Å². The quantitative estimate of drug-likeness (QED) is 0.0470. The molecular weight excluding hydrogens is 846 g/mol. The minimum atomic E-state index is -1.75. The number of amides is 8. The second kappa shape index (κ2) is 24.2. The van der Waals surface area contributed by atoms with Crippen LogP contribution in [0.15, 0.2) is 30.3 Å². The fourth-order valence-electron chi connectivity index (χ4n) is 7.20. The van der Waals surface area contributed by atoms with Crippen molar-refractivity contribution in [2.24, 2.45) is 17.4 Å². The molecule has 0 spiro atoms. The number of primary amides is 1. The van der Waals surface area contributed by atoms with E-state index in [9.17, 15) is 73.2 Å². The molecule has 0 radical (unpaired) electrons. The number of nitrogens with one attached hydrogen (secondary N) is 5. The molecule has 0 aromatic heterocycles. The van der Waals surface area contributed by atoms with Crippen LogP contribution < -0.4 is 38.1 Å². The summed E-state index contributed by atoms with van der Waals surface area (Å²) in [6, 6.07) is -3.82. The Morgan fingerprint density at radius 2 is 1.14 bits per heavy atom. The monoisotopic (exact) mass is 903 g/mol. The van der Waals surface area contributed by atoms with Gasteiger partial charge in [0.2, 0.25) is 47.3 Å². The first-order chi connectivity index (χ1) is 30.1. The number of rotatable bonds is 24. The molecule has 8 amide bonds. The summed E-state index contributed by atoms with van der Waals surface area (Å²) >= 11 is 0. The largest absolute Gasteiger partial charge is 0.481 e. The molecule has 0 bridgehead atoms. The molecule has 8 atom stereocenters. The summed E-state index contributed by atoms with van der Waals surface area (Å²) in [6.07, 6.45) is -2.20. The van der Waals surface area contributed by atoms with E-state index < -0.39 is 146 Å². The number of likely N-dealkylation sites (tertiary alicyclic amines) is 2. The highest BCUT2D eigenvalue weighted by atomic mass is 16.4. The van der Waals surface area contributed by atoms with Crippen LogP contribution in [0.3, 0.4) is 0 Å². The summed E-state index contributed by atoms with van der Waals surface area (Å²) in [5.41, 5.74) is 11.7. The lowest BCUT2D eigenvalue weighted by atomic mass is 10.0. The van der Waals surface area contributed by atoms with Crippen molar-refractivity contribution >= 4 is 65.2 Å². The average molecular weight is 904 g/mol. The third-order valence-electron chi connectivity index (χ3n) is 10.7. The van der Waals surface area contributed by atoms with Gasteiger partial charge in [-0.05, 0) is 43.6 Å². The third-order valence-corrected chi connectivity index (χ3v) is 10.7. The van der Waals surface area contributed by atoms with Gasteiger partial charge in [-0.3, -0.25) is 47.9 Å². The molecule has 2 heterocycles. The molecule has 0 unspecified atom stereocenters. The van der Waals surface area contributed by atoms with E-state index in [0.29, 0.717) is 12.0 Å².